The van der Waals surface area contributed by atoms with E-state index in [0.29, 0.717) is 5.02 Å². The van der Waals surface area contributed by atoms with Crippen LogP contribution in [0, 0.1) is 5.82 Å². The van der Waals surface area contributed by atoms with Gasteiger partial charge >= 0.3 is 0 Å². The van der Waals surface area contributed by atoms with Crippen LogP contribution in [0.3, 0.4) is 0 Å². The molecule has 110 valence electrons. The molecule has 2 unspecified atom stereocenters. The molecule has 2 atom stereocenters. The van der Waals surface area contributed by atoms with E-state index < -0.39 is 21.9 Å². The largest absolute Gasteiger partial charge is 0.293 e. The summed E-state index contributed by atoms with van der Waals surface area (Å²) in [6, 6.07) is 9.87. The van der Waals surface area contributed by atoms with Gasteiger partial charge in [-0.25, -0.2) is 4.39 Å². The maximum Gasteiger partial charge on any atom is 0.179 e. The van der Waals surface area contributed by atoms with Crippen molar-refractivity contribution >= 4 is 39.8 Å². The third kappa shape index (κ3) is 3.70. The van der Waals surface area contributed by atoms with Gasteiger partial charge in [-0.05, 0) is 43.3 Å². The molecule has 0 spiro atoms. The molecule has 0 saturated carbocycles. The Bertz CT molecular complexity index is 719. The first-order chi connectivity index (χ1) is 9.90. The zero-order chi connectivity index (χ0) is 15.6. The highest BCUT2D eigenvalue weighted by atomic mass is 35.5. The molecular formula is C15H11Cl2FO2S. The van der Waals surface area contributed by atoms with Crippen molar-refractivity contribution in [2.45, 2.75) is 17.1 Å². The Kier molecular flexibility index (Phi) is 5.14. The van der Waals surface area contributed by atoms with Crippen molar-refractivity contribution in [2.24, 2.45) is 0 Å². The van der Waals surface area contributed by atoms with Gasteiger partial charge in [0.2, 0.25) is 0 Å². The average Bonchev–Trinajstić information content (AvgIpc) is 2.45. The summed E-state index contributed by atoms with van der Waals surface area (Å²) in [5.41, 5.74) is 0.248. The number of benzene rings is 2. The lowest BCUT2D eigenvalue weighted by molar-refractivity contribution is 0.0993. The van der Waals surface area contributed by atoms with Crippen molar-refractivity contribution in [3.05, 3.63) is 63.9 Å². The predicted molar refractivity (Wildman–Crippen MR) is 83.1 cm³/mol. The second-order valence-corrected chi connectivity index (χ2v) is 7.00. The van der Waals surface area contributed by atoms with Crippen molar-refractivity contribution in [1.29, 1.82) is 0 Å². The molecule has 0 N–H and O–H groups in total. The highest BCUT2D eigenvalue weighted by molar-refractivity contribution is 7.86. The Morgan fingerprint density at radius 3 is 2.52 bits per heavy atom. The molecule has 21 heavy (non-hydrogen) atoms. The molecule has 0 fully saturated rings. The molecule has 0 amide bonds. The van der Waals surface area contributed by atoms with Gasteiger partial charge in [-0.1, -0.05) is 29.3 Å². The summed E-state index contributed by atoms with van der Waals surface area (Å²) in [7, 11) is -1.66. The van der Waals surface area contributed by atoms with Crippen molar-refractivity contribution < 1.29 is 13.4 Å². The molecule has 0 saturated heterocycles. The Morgan fingerprint density at radius 1 is 1.19 bits per heavy atom. The molecule has 2 nitrogen and oxygen atoms in total. The van der Waals surface area contributed by atoms with Crippen LogP contribution in [0.2, 0.25) is 10.0 Å². The number of ketones is 1. The van der Waals surface area contributed by atoms with E-state index in [4.69, 9.17) is 23.2 Å². The van der Waals surface area contributed by atoms with Crippen LogP contribution >= 0.6 is 23.2 Å². The van der Waals surface area contributed by atoms with E-state index in [-0.39, 0.29) is 21.3 Å². The first-order valence-electron chi connectivity index (χ1n) is 6.05. The van der Waals surface area contributed by atoms with Gasteiger partial charge in [0.1, 0.15) is 5.82 Å². The van der Waals surface area contributed by atoms with Crippen LogP contribution in [0.5, 0.6) is 0 Å². The first kappa shape index (κ1) is 16.1. The van der Waals surface area contributed by atoms with Gasteiger partial charge < -0.3 is 0 Å². The molecule has 0 radical (unpaired) electrons. The fourth-order valence-corrected chi connectivity index (χ4v) is 3.47. The van der Waals surface area contributed by atoms with Crippen LogP contribution < -0.4 is 0 Å². The summed E-state index contributed by atoms with van der Waals surface area (Å²) < 4.78 is 25.5. The fourth-order valence-electron chi connectivity index (χ4n) is 1.80. The van der Waals surface area contributed by atoms with Crippen LogP contribution in [0.1, 0.15) is 17.3 Å². The quantitative estimate of drug-likeness (QED) is 0.764. The van der Waals surface area contributed by atoms with Crippen LogP contribution in [0.15, 0.2) is 47.4 Å². The van der Waals surface area contributed by atoms with Gasteiger partial charge in [-0.15, -0.1) is 0 Å². The summed E-state index contributed by atoms with van der Waals surface area (Å²) in [5.74, 6) is -0.871. The molecular weight excluding hydrogens is 334 g/mol. The van der Waals surface area contributed by atoms with E-state index in [1.807, 2.05) is 0 Å². The number of rotatable bonds is 4. The minimum absolute atomic E-state index is 0.204. The zero-order valence-corrected chi connectivity index (χ0v) is 13.3. The number of carbonyl (C=O) groups is 1. The first-order valence-corrected chi connectivity index (χ1v) is 8.02. The summed E-state index contributed by atoms with van der Waals surface area (Å²) >= 11 is 11.8. The van der Waals surface area contributed by atoms with E-state index in [2.05, 4.69) is 0 Å². The Morgan fingerprint density at radius 2 is 1.90 bits per heavy atom. The summed E-state index contributed by atoms with van der Waals surface area (Å²) in [4.78, 5) is 12.6. The van der Waals surface area contributed by atoms with Gasteiger partial charge in [-0.3, -0.25) is 9.00 Å². The van der Waals surface area contributed by atoms with Crippen molar-refractivity contribution in [2.75, 3.05) is 0 Å². The van der Waals surface area contributed by atoms with Crippen molar-refractivity contribution in [3.63, 3.8) is 0 Å². The molecule has 0 aliphatic rings. The summed E-state index contributed by atoms with van der Waals surface area (Å²) in [6.07, 6.45) is 0. The van der Waals surface area contributed by atoms with E-state index in [1.54, 1.807) is 6.07 Å². The van der Waals surface area contributed by atoms with E-state index in [9.17, 15) is 13.4 Å². The van der Waals surface area contributed by atoms with Crippen LogP contribution in [-0.2, 0) is 10.8 Å². The van der Waals surface area contributed by atoms with Crippen molar-refractivity contribution in [3.8, 4) is 0 Å². The Balaban J connectivity index is 2.28. The maximum atomic E-state index is 13.2. The van der Waals surface area contributed by atoms with Crippen LogP contribution in [0.25, 0.3) is 0 Å². The predicted octanol–water partition coefficient (Wildman–Crippen LogP) is 4.51. The zero-order valence-electron chi connectivity index (χ0n) is 11.0. The van der Waals surface area contributed by atoms with Crippen LogP contribution in [0.4, 0.5) is 4.39 Å². The molecule has 0 heterocycles. The fraction of sp³-hybridized carbons (Fsp3) is 0.133. The summed E-state index contributed by atoms with van der Waals surface area (Å²) in [6.45, 7) is 1.52. The molecule has 0 bridgehead atoms. The monoisotopic (exact) mass is 344 g/mol. The van der Waals surface area contributed by atoms with Gasteiger partial charge in [-0.2, -0.15) is 0 Å². The lowest BCUT2D eigenvalue weighted by Crippen LogP contribution is -2.23. The van der Waals surface area contributed by atoms with Crippen molar-refractivity contribution in [1.82, 2.24) is 0 Å². The van der Waals surface area contributed by atoms with E-state index in [1.165, 1.54) is 37.3 Å². The summed E-state index contributed by atoms with van der Waals surface area (Å²) in [5, 5.41) is -0.225. The molecule has 0 aliphatic heterocycles. The van der Waals surface area contributed by atoms with Gasteiger partial charge in [0.25, 0.3) is 0 Å². The standard InChI is InChI=1S/C15H11Cl2FO2S/c1-9(21(20)12-4-2-3-11(18)8-12)15(19)13-6-5-10(16)7-14(13)17/h2-9H,1H3. The van der Waals surface area contributed by atoms with Gasteiger partial charge in [0.05, 0.1) is 21.1 Å². The van der Waals surface area contributed by atoms with Crippen LogP contribution in [-0.4, -0.2) is 15.2 Å². The Labute approximate surface area is 134 Å². The maximum absolute atomic E-state index is 13.2. The highest BCUT2D eigenvalue weighted by Gasteiger charge is 2.24. The number of Topliss-reactive ketones (excluding diaryl/α,β-unsaturated/α-hetero) is 1. The Hall–Kier alpha value is -1.23. The molecule has 6 heteroatoms. The SMILES string of the molecule is CC(C(=O)c1ccc(Cl)cc1Cl)S(=O)c1cccc(F)c1. The van der Waals surface area contributed by atoms with E-state index in [0.717, 1.165) is 6.07 Å². The minimum Gasteiger partial charge on any atom is -0.293 e. The number of hydrogen-bond acceptors (Lipinski definition) is 2. The minimum atomic E-state index is -1.66. The third-order valence-corrected chi connectivity index (χ3v) is 5.04. The molecule has 2 aromatic carbocycles. The number of hydrogen-bond donors (Lipinski definition) is 0. The smallest absolute Gasteiger partial charge is 0.179 e. The normalized spacial score (nSPS) is 13.7. The van der Waals surface area contributed by atoms with Gasteiger partial charge in [0, 0.05) is 15.5 Å². The number of halogens is 3. The second kappa shape index (κ2) is 6.69. The molecule has 2 aromatic rings. The lowest BCUT2D eigenvalue weighted by atomic mass is 10.1. The molecule has 0 aromatic heterocycles. The van der Waals surface area contributed by atoms with E-state index >= 15 is 0 Å². The third-order valence-electron chi connectivity index (χ3n) is 2.92. The topological polar surface area (TPSA) is 34.1 Å². The highest BCUT2D eigenvalue weighted by Crippen LogP contribution is 2.24. The lowest BCUT2D eigenvalue weighted by Gasteiger charge is -2.12. The average molecular weight is 345 g/mol. The van der Waals surface area contributed by atoms with Gasteiger partial charge in [0.15, 0.2) is 5.78 Å². The second-order valence-electron chi connectivity index (χ2n) is 4.39. The molecule has 2 rings (SSSR count). The number of carbonyl (C=O) groups excluding carboxylic acids is 1. The molecule has 0 aliphatic carbocycles.